The highest BCUT2D eigenvalue weighted by molar-refractivity contribution is 5.92. The Balaban J connectivity index is 1.71. The molecule has 1 aliphatic heterocycles. The Bertz CT molecular complexity index is 617. The highest BCUT2D eigenvalue weighted by Gasteiger charge is 2.32. The molecule has 0 radical (unpaired) electrons. The highest BCUT2D eigenvalue weighted by Crippen LogP contribution is 2.40. The minimum Gasteiger partial charge on any atom is -0.458 e. The van der Waals surface area contributed by atoms with Crippen molar-refractivity contribution in [2.45, 2.75) is 96.5 Å². The van der Waals surface area contributed by atoms with E-state index in [1.165, 1.54) is 25.7 Å². The smallest absolute Gasteiger partial charge is 0.341 e. The van der Waals surface area contributed by atoms with Crippen molar-refractivity contribution in [2.24, 2.45) is 5.92 Å². The number of benzene rings is 1. The van der Waals surface area contributed by atoms with E-state index in [0.29, 0.717) is 6.42 Å². The highest BCUT2D eigenvalue weighted by atomic mass is 19.1. The Morgan fingerprint density at radius 1 is 1.04 bits per heavy atom. The molecule has 1 atom stereocenters. The van der Waals surface area contributed by atoms with Crippen LogP contribution in [0.5, 0.6) is 0 Å². The Labute approximate surface area is 157 Å². The van der Waals surface area contributed by atoms with Crippen LogP contribution >= 0.6 is 0 Å². The van der Waals surface area contributed by atoms with Crippen molar-refractivity contribution < 1.29 is 13.9 Å². The van der Waals surface area contributed by atoms with E-state index in [2.05, 4.69) is 13.8 Å². The van der Waals surface area contributed by atoms with Crippen molar-refractivity contribution >= 4 is 5.97 Å². The molecule has 1 aromatic rings. The molecule has 1 heterocycles. The fourth-order valence-electron chi connectivity index (χ4n) is 4.79. The molecular formula is C23H33FO2. The molecule has 2 nitrogen and oxygen atoms in total. The predicted octanol–water partition coefficient (Wildman–Crippen LogP) is 6.56. The zero-order chi connectivity index (χ0) is 18.5. The van der Waals surface area contributed by atoms with Crippen LogP contribution in [0.25, 0.3) is 0 Å². The quantitative estimate of drug-likeness (QED) is 0.406. The summed E-state index contributed by atoms with van der Waals surface area (Å²) in [6.07, 6.45) is 11.8. The summed E-state index contributed by atoms with van der Waals surface area (Å²) in [6.45, 7) is 4.39. The lowest BCUT2D eigenvalue weighted by Crippen LogP contribution is -2.29. The van der Waals surface area contributed by atoms with Crippen LogP contribution in [0.2, 0.25) is 0 Å². The van der Waals surface area contributed by atoms with Crippen LogP contribution in [-0.2, 0) is 11.2 Å². The third-order valence-corrected chi connectivity index (χ3v) is 6.30. The van der Waals surface area contributed by atoms with Gasteiger partial charge in [0.15, 0.2) is 0 Å². The third-order valence-electron chi connectivity index (χ3n) is 6.30. The van der Waals surface area contributed by atoms with Gasteiger partial charge in [0.2, 0.25) is 0 Å². The zero-order valence-corrected chi connectivity index (χ0v) is 16.4. The molecule has 0 bridgehead atoms. The standard InChI is InChI=1S/C23H33FO2/c1-3-5-6-8-19-15-18-13-14-20(22(24)21(18)23(25)26-19)17-11-9-16(7-4-2)10-12-17/h13-14,16-17,19H,3-12,15H2,1-2H3. The number of rotatable bonds is 7. The lowest BCUT2D eigenvalue weighted by molar-refractivity contribution is 0.0224. The number of esters is 1. The average molecular weight is 361 g/mol. The number of hydrogen-bond acceptors (Lipinski definition) is 2. The maximum atomic E-state index is 15.2. The molecule has 1 aromatic carbocycles. The van der Waals surface area contributed by atoms with Crippen LogP contribution in [0.1, 0.15) is 105 Å². The number of halogens is 1. The number of carbonyl (C=O) groups is 1. The van der Waals surface area contributed by atoms with E-state index in [1.807, 2.05) is 12.1 Å². The molecule has 1 fully saturated rings. The lowest BCUT2D eigenvalue weighted by atomic mass is 9.76. The van der Waals surface area contributed by atoms with Gasteiger partial charge in [-0.1, -0.05) is 51.7 Å². The predicted molar refractivity (Wildman–Crippen MR) is 103 cm³/mol. The summed E-state index contributed by atoms with van der Waals surface area (Å²) in [5.74, 6) is 0.291. The SMILES string of the molecule is CCCCCC1Cc2ccc(C3CCC(CCC)CC3)c(F)c2C(=O)O1. The van der Waals surface area contributed by atoms with Gasteiger partial charge in [-0.3, -0.25) is 0 Å². The first kappa shape index (κ1) is 19.4. The van der Waals surface area contributed by atoms with Gasteiger partial charge in [0.1, 0.15) is 11.9 Å². The average Bonchev–Trinajstić information content (AvgIpc) is 2.63. The largest absolute Gasteiger partial charge is 0.458 e. The van der Waals surface area contributed by atoms with Gasteiger partial charge in [-0.05, 0) is 61.5 Å². The summed E-state index contributed by atoms with van der Waals surface area (Å²) in [7, 11) is 0. The second kappa shape index (κ2) is 9.01. The van der Waals surface area contributed by atoms with Crippen molar-refractivity contribution in [3.63, 3.8) is 0 Å². The van der Waals surface area contributed by atoms with Crippen molar-refractivity contribution in [3.8, 4) is 0 Å². The van der Waals surface area contributed by atoms with Crippen molar-refractivity contribution in [1.82, 2.24) is 0 Å². The second-order valence-corrected chi connectivity index (χ2v) is 8.24. The van der Waals surface area contributed by atoms with Crippen LogP contribution in [0.3, 0.4) is 0 Å². The molecule has 0 amide bonds. The summed E-state index contributed by atoms with van der Waals surface area (Å²) < 4.78 is 20.7. The first-order valence-corrected chi connectivity index (χ1v) is 10.7. The fraction of sp³-hybridized carbons (Fsp3) is 0.696. The summed E-state index contributed by atoms with van der Waals surface area (Å²) in [5.41, 5.74) is 1.79. The molecule has 1 saturated carbocycles. The number of unbranched alkanes of at least 4 members (excludes halogenated alkanes) is 2. The number of carbonyl (C=O) groups excluding carboxylic acids is 1. The lowest BCUT2D eigenvalue weighted by Gasteiger charge is -2.30. The van der Waals surface area contributed by atoms with Gasteiger partial charge in [-0.2, -0.15) is 0 Å². The van der Waals surface area contributed by atoms with Crippen LogP contribution in [0, 0.1) is 11.7 Å². The van der Waals surface area contributed by atoms with Gasteiger partial charge in [-0.25, -0.2) is 9.18 Å². The Morgan fingerprint density at radius 2 is 1.81 bits per heavy atom. The topological polar surface area (TPSA) is 26.3 Å². The maximum absolute atomic E-state index is 15.2. The van der Waals surface area contributed by atoms with Gasteiger partial charge < -0.3 is 4.74 Å². The van der Waals surface area contributed by atoms with E-state index in [4.69, 9.17) is 4.74 Å². The number of hydrogen-bond donors (Lipinski definition) is 0. The van der Waals surface area contributed by atoms with Crippen LogP contribution in [0.15, 0.2) is 12.1 Å². The van der Waals surface area contributed by atoms with Gasteiger partial charge in [0, 0.05) is 6.42 Å². The summed E-state index contributed by atoms with van der Waals surface area (Å²) in [4.78, 5) is 12.5. The van der Waals surface area contributed by atoms with E-state index in [-0.39, 0.29) is 23.4 Å². The van der Waals surface area contributed by atoms with E-state index >= 15 is 4.39 Å². The molecule has 3 heteroatoms. The Morgan fingerprint density at radius 3 is 2.50 bits per heavy atom. The molecule has 1 unspecified atom stereocenters. The van der Waals surface area contributed by atoms with Gasteiger partial charge in [0.05, 0.1) is 5.56 Å². The Hall–Kier alpha value is -1.38. The molecule has 1 aliphatic carbocycles. The number of ether oxygens (including phenoxy) is 1. The fourth-order valence-corrected chi connectivity index (χ4v) is 4.79. The van der Waals surface area contributed by atoms with Crippen molar-refractivity contribution in [3.05, 3.63) is 34.6 Å². The normalized spacial score (nSPS) is 25.7. The molecule has 0 aromatic heterocycles. The van der Waals surface area contributed by atoms with Crippen molar-refractivity contribution in [1.29, 1.82) is 0 Å². The molecule has 0 saturated heterocycles. The molecule has 26 heavy (non-hydrogen) atoms. The number of cyclic esters (lactones) is 1. The minimum atomic E-state index is -0.452. The Kier molecular flexibility index (Phi) is 6.72. The van der Waals surface area contributed by atoms with Gasteiger partial charge in [-0.15, -0.1) is 0 Å². The van der Waals surface area contributed by atoms with Gasteiger partial charge >= 0.3 is 5.97 Å². The van der Waals surface area contributed by atoms with Crippen LogP contribution in [0.4, 0.5) is 4.39 Å². The van der Waals surface area contributed by atoms with E-state index in [1.54, 1.807) is 0 Å². The summed E-state index contributed by atoms with van der Waals surface area (Å²) >= 11 is 0. The maximum Gasteiger partial charge on any atom is 0.341 e. The molecule has 3 rings (SSSR count). The molecule has 0 N–H and O–H groups in total. The summed E-state index contributed by atoms with van der Waals surface area (Å²) in [5, 5.41) is 0. The van der Waals surface area contributed by atoms with E-state index < -0.39 is 5.97 Å². The third kappa shape index (κ3) is 4.29. The van der Waals surface area contributed by atoms with Gasteiger partial charge in [0.25, 0.3) is 0 Å². The van der Waals surface area contributed by atoms with Crippen LogP contribution in [-0.4, -0.2) is 12.1 Å². The first-order chi connectivity index (χ1) is 12.6. The van der Waals surface area contributed by atoms with E-state index in [0.717, 1.165) is 55.6 Å². The minimum absolute atomic E-state index is 0.0868. The number of fused-ring (bicyclic) bond motifs is 1. The molecular weight excluding hydrogens is 327 g/mol. The monoisotopic (exact) mass is 360 g/mol. The molecule has 2 aliphatic rings. The first-order valence-electron chi connectivity index (χ1n) is 10.7. The van der Waals surface area contributed by atoms with Crippen molar-refractivity contribution in [2.75, 3.05) is 0 Å². The summed E-state index contributed by atoms with van der Waals surface area (Å²) in [6, 6.07) is 3.93. The van der Waals surface area contributed by atoms with E-state index in [9.17, 15) is 4.79 Å². The zero-order valence-electron chi connectivity index (χ0n) is 16.4. The molecule has 0 spiro atoms. The molecule has 144 valence electrons. The second-order valence-electron chi connectivity index (χ2n) is 8.24. The van der Waals surface area contributed by atoms with Crippen LogP contribution < -0.4 is 0 Å².